The molecule has 0 spiro atoms. The first kappa shape index (κ1) is 17.6. The number of likely N-dealkylation sites (tertiary alicyclic amines) is 1. The van der Waals surface area contributed by atoms with Gasteiger partial charge in [-0.2, -0.15) is 4.98 Å². The van der Waals surface area contributed by atoms with Crippen LogP contribution in [0.15, 0.2) is 27.3 Å². The number of hydrogen-bond donors (Lipinski definition) is 2. The van der Waals surface area contributed by atoms with Crippen LogP contribution in [-0.2, 0) is 4.79 Å². The van der Waals surface area contributed by atoms with Crippen molar-refractivity contribution in [3.63, 3.8) is 0 Å². The smallest absolute Gasteiger partial charge is 0.244 e. The molecule has 0 radical (unpaired) electrons. The molecule has 0 aliphatic carbocycles. The Morgan fingerprint density at radius 2 is 2.20 bits per heavy atom. The van der Waals surface area contributed by atoms with Crippen LogP contribution in [0.3, 0.4) is 0 Å². The van der Waals surface area contributed by atoms with Gasteiger partial charge in [0.05, 0.1) is 18.4 Å². The molecule has 1 fully saturated rings. The second kappa shape index (κ2) is 7.79. The Kier molecular flexibility index (Phi) is 5.50. The topological polar surface area (TPSA) is 105 Å². The van der Waals surface area contributed by atoms with Gasteiger partial charge in [0.25, 0.3) is 0 Å². The predicted molar refractivity (Wildman–Crippen MR) is 89.4 cm³/mol. The van der Waals surface area contributed by atoms with Crippen molar-refractivity contribution >= 4 is 5.91 Å². The summed E-state index contributed by atoms with van der Waals surface area (Å²) in [6.45, 7) is 5.55. The highest BCUT2D eigenvalue weighted by Crippen LogP contribution is 2.27. The van der Waals surface area contributed by atoms with Crippen LogP contribution in [0.1, 0.15) is 38.6 Å². The molecule has 0 saturated carbocycles. The lowest BCUT2D eigenvalue weighted by atomic mass is 9.95. The van der Waals surface area contributed by atoms with Crippen molar-refractivity contribution in [2.75, 3.05) is 19.6 Å². The fourth-order valence-corrected chi connectivity index (χ4v) is 3.01. The average molecular weight is 348 g/mol. The van der Waals surface area contributed by atoms with Gasteiger partial charge in [-0.15, -0.1) is 0 Å². The van der Waals surface area contributed by atoms with E-state index in [-0.39, 0.29) is 17.9 Å². The Labute approximate surface area is 146 Å². The molecule has 1 aliphatic heterocycles. The summed E-state index contributed by atoms with van der Waals surface area (Å²) in [6, 6.07) is 3.55. The Hall–Kier alpha value is -2.19. The summed E-state index contributed by atoms with van der Waals surface area (Å²) in [6.07, 6.45) is 2.59. The fraction of sp³-hybridized carbons (Fsp3) is 0.588. The number of aliphatic hydroxyl groups excluding tert-OH is 1. The molecule has 2 unspecified atom stereocenters. The van der Waals surface area contributed by atoms with E-state index in [1.807, 2.05) is 6.92 Å². The highest BCUT2D eigenvalue weighted by atomic mass is 16.5. The molecular weight excluding hydrogens is 324 g/mol. The molecule has 0 bridgehead atoms. The monoisotopic (exact) mass is 348 g/mol. The Morgan fingerprint density at radius 1 is 1.44 bits per heavy atom. The molecule has 1 saturated heterocycles. The number of piperidine rings is 1. The molecule has 1 aliphatic rings. The Bertz CT molecular complexity index is 675. The van der Waals surface area contributed by atoms with Crippen LogP contribution in [0.5, 0.6) is 0 Å². The van der Waals surface area contributed by atoms with Gasteiger partial charge in [-0.05, 0) is 51.9 Å². The summed E-state index contributed by atoms with van der Waals surface area (Å²) < 4.78 is 10.7. The number of aliphatic hydroxyl groups is 1. The minimum atomic E-state index is -0.523. The van der Waals surface area contributed by atoms with Crippen molar-refractivity contribution in [3.8, 4) is 11.6 Å². The van der Waals surface area contributed by atoms with E-state index < -0.39 is 6.10 Å². The molecule has 8 nitrogen and oxygen atoms in total. The van der Waals surface area contributed by atoms with Gasteiger partial charge < -0.3 is 19.4 Å². The SMILES string of the molecule is CC(O)CNC(=O)C1CCN(C(C)c2nc(-c3ccco3)no2)CC1. The van der Waals surface area contributed by atoms with E-state index in [1.165, 1.54) is 0 Å². The number of carbonyl (C=O) groups excluding carboxylic acids is 1. The minimum Gasteiger partial charge on any atom is -0.461 e. The molecule has 2 N–H and O–H groups in total. The number of carbonyl (C=O) groups is 1. The van der Waals surface area contributed by atoms with Crippen molar-refractivity contribution in [3.05, 3.63) is 24.3 Å². The lowest BCUT2D eigenvalue weighted by Crippen LogP contribution is -2.42. The van der Waals surface area contributed by atoms with Gasteiger partial charge in [-0.3, -0.25) is 9.69 Å². The summed E-state index contributed by atoms with van der Waals surface area (Å²) in [5.74, 6) is 1.58. The van der Waals surface area contributed by atoms with Crippen molar-refractivity contribution in [2.45, 2.75) is 38.8 Å². The number of aromatic nitrogens is 2. The fourth-order valence-electron chi connectivity index (χ4n) is 3.01. The number of nitrogens with one attached hydrogen (secondary N) is 1. The molecule has 25 heavy (non-hydrogen) atoms. The van der Waals surface area contributed by atoms with Gasteiger partial charge in [0.15, 0.2) is 5.76 Å². The Morgan fingerprint density at radius 3 is 2.84 bits per heavy atom. The first-order chi connectivity index (χ1) is 12.0. The van der Waals surface area contributed by atoms with Crippen LogP contribution in [0.2, 0.25) is 0 Å². The number of amides is 1. The van der Waals surface area contributed by atoms with Crippen molar-refractivity contribution < 1.29 is 18.8 Å². The lowest BCUT2D eigenvalue weighted by Gasteiger charge is -2.33. The zero-order valence-corrected chi connectivity index (χ0v) is 14.5. The Balaban J connectivity index is 1.53. The number of furan rings is 1. The van der Waals surface area contributed by atoms with Gasteiger partial charge in [0.2, 0.25) is 17.6 Å². The maximum Gasteiger partial charge on any atom is 0.244 e. The first-order valence-electron chi connectivity index (χ1n) is 8.62. The third kappa shape index (κ3) is 4.26. The van der Waals surface area contributed by atoms with Gasteiger partial charge in [0.1, 0.15) is 0 Å². The molecule has 1 amide bonds. The van der Waals surface area contributed by atoms with E-state index in [0.29, 0.717) is 24.0 Å². The zero-order chi connectivity index (χ0) is 17.8. The molecule has 2 aromatic rings. The molecule has 136 valence electrons. The maximum absolute atomic E-state index is 12.1. The molecule has 0 aromatic carbocycles. The largest absolute Gasteiger partial charge is 0.461 e. The van der Waals surface area contributed by atoms with Gasteiger partial charge in [-0.25, -0.2) is 0 Å². The third-order valence-corrected chi connectivity index (χ3v) is 4.56. The maximum atomic E-state index is 12.1. The summed E-state index contributed by atoms with van der Waals surface area (Å²) in [4.78, 5) is 18.7. The van der Waals surface area contributed by atoms with Crippen LogP contribution in [-0.4, -0.2) is 51.8 Å². The molecule has 3 rings (SSSR count). The van der Waals surface area contributed by atoms with E-state index in [4.69, 9.17) is 8.94 Å². The lowest BCUT2D eigenvalue weighted by molar-refractivity contribution is -0.127. The van der Waals surface area contributed by atoms with Crippen LogP contribution in [0, 0.1) is 5.92 Å². The van der Waals surface area contributed by atoms with Gasteiger partial charge in [-0.1, -0.05) is 5.16 Å². The second-order valence-electron chi connectivity index (χ2n) is 6.51. The number of rotatable bonds is 6. The van der Waals surface area contributed by atoms with Gasteiger partial charge >= 0.3 is 0 Å². The molecule has 8 heteroatoms. The summed E-state index contributed by atoms with van der Waals surface area (Å²) in [5, 5.41) is 16.0. The molecule has 2 aromatic heterocycles. The van der Waals surface area contributed by atoms with E-state index in [0.717, 1.165) is 25.9 Å². The normalized spacial score (nSPS) is 18.8. The van der Waals surface area contributed by atoms with Crippen molar-refractivity contribution in [1.29, 1.82) is 0 Å². The number of nitrogens with zero attached hydrogens (tertiary/aromatic N) is 3. The highest BCUT2D eigenvalue weighted by Gasteiger charge is 2.30. The van der Waals surface area contributed by atoms with E-state index in [9.17, 15) is 9.90 Å². The third-order valence-electron chi connectivity index (χ3n) is 4.56. The quantitative estimate of drug-likeness (QED) is 0.817. The molecule has 3 heterocycles. The first-order valence-corrected chi connectivity index (χ1v) is 8.62. The molecule has 2 atom stereocenters. The van der Waals surface area contributed by atoms with Crippen LogP contribution >= 0.6 is 0 Å². The van der Waals surface area contributed by atoms with E-state index in [2.05, 4.69) is 20.4 Å². The summed E-state index contributed by atoms with van der Waals surface area (Å²) in [5.41, 5.74) is 0. The minimum absolute atomic E-state index is 0.0106. The number of hydrogen-bond acceptors (Lipinski definition) is 7. The average Bonchev–Trinajstić information content (AvgIpc) is 3.30. The van der Waals surface area contributed by atoms with E-state index in [1.54, 1.807) is 25.3 Å². The van der Waals surface area contributed by atoms with Crippen LogP contribution in [0.4, 0.5) is 0 Å². The van der Waals surface area contributed by atoms with E-state index >= 15 is 0 Å². The summed E-state index contributed by atoms with van der Waals surface area (Å²) in [7, 11) is 0. The summed E-state index contributed by atoms with van der Waals surface area (Å²) >= 11 is 0. The van der Waals surface area contributed by atoms with Gasteiger partial charge in [0, 0.05) is 12.5 Å². The predicted octanol–water partition coefficient (Wildman–Crippen LogP) is 1.60. The van der Waals surface area contributed by atoms with Crippen LogP contribution < -0.4 is 5.32 Å². The van der Waals surface area contributed by atoms with Crippen molar-refractivity contribution in [2.24, 2.45) is 5.92 Å². The second-order valence-corrected chi connectivity index (χ2v) is 6.51. The standard InChI is InChI=1S/C17H24N4O4/c1-11(22)10-18-16(23)13-5-7-21(8-6-13)12(2)17-19-15(20-25-17)14-4-3-9-24-14/h3-4,9,11-13,22H,5-8,10H2,1-2H3,(H,18,23). The van der Waals surface area contributed by atoms with Crippen molar-refractivity contribution in [1.82, 2.24) is 20.4 Å². The molecular formula is C17H24N4O4. The van der Waals surface area contributed by atoms with Crippen LogP contribution in [0.25, 0.3) is 11.6 Å². The highest BCUT2D eigenvalue weighted by molar-refractivity contribution is 5.78. The zero-order valence-electron chi connectivity index (χ0n) is 14.5.